The Bertz CT molecular complexity index is 883. The van der Waals surface area contributed by atoms with Crippen molar-refractivity contribution in [2.75, 3.05) is 5.75 Å². The van der Waals surface area contributed by atoms with Gasteiger partial charge in [-0.1, -0.05) is 59.3 Å². The maximum absolute atomic E-state index is 11.1. The number of hydrogen-bond acceptors (Lipinski definition) is 4. The van der Waals surface area contributed by atoms with E-state index in [0.29, 0.717) is 6.42 Å². The minimum Gasteiger partial charge on any atom is -0.300 e. The molecule has 0 saturated carbocycles. The third kappa shape index (κ3) is 4.41. The van der Waals surface area contributed by atoms with Crippen LogP contribution in [0.2, 0.25) is 0 Å². The predicted octanol–water partition coefficient (Wildman–Crippen LogP) is 5.01. The summed E-state index contributed by atoms with van der Waals surface area (Å²) in [5.74, 6) is 1.91. The first-order valence-corrected chi connectivity index (χ1v) is 9.75. The van der Waals surface area contributed by atoms with Crippen molar-refractivity contribution in [1.82, 2.24) is 14.8 Å². The maximum Gasteiger partial charge on any atom is 0.196 e. The normalized spacial score (nSPS) is 10.9. The molecule has 3 aromatic rings. The van der Waals surface area contributed by atoms with Crippen LogP contribution in [0.25, 0.3) is 17.1 Å². The Hall–Kier alpha value is -2.40. The van der Waals surface area contributed by atoms with Crippen molar-refractivity contribution in [2.45, 2.75) is 38.8 Å². The van der Waals surface area contributed by atoms with Gasteiger partial charge in [-0.25, -0.2) is 0 Å². The second-order valence-electron chi connectivity index (χ2n) is 6.50. The standard InChI is InChI=1S/C21H23N3OS/c1-15-6-10-18(11-7-15)20-22-23-21(26-14-4-5-17(3)25)24(20)19-12-8-16(2)9-13-19/h6-13H,4-5,14H2,1-3H3. The van der Waals surface area contributed by atoms with Crippen LogP contribution < -0.4 is 0 Å². The van der Waals surface area contributed by atoms with Gasteiger partial charge in [-0.3, -0.25) is 4.57 Å². The monoisotopic (exact) mass is 365 g/mol. The van der Waals surface area contributed by atoms with Crippen molar-refractivity contribution in [1.29, 1.82) is 0 Å². The third-order valence-electron chi connectivity index (χ3n) is 4.14. The molecule has 1 aromatic heterocycles. The quantitative estimate of drug-likeness (QED) is 0.436. The molecule has 0 saturated heterocycles. The number of benzene rings is 2. The molecular formula is C21H23N3OS. The van der Waals surface area contributed by atoms with E-state index >= 15 is 0 Å². The Morgan fingerprint density at radius 1 is 0.962 bits per heavy atom. The largest absolute Gasteiger partial charge is 0.300 e. The second kappa shape index (κ2) is 8.32. The van der Waals surface area contributed by atoms with Crippen molar-refractivity contribution in [3.8, 4) is 17.1 Å². The van der Waals surface area contributed by atoms with E-state index in [1.54, 1.807) is 18.7 Å². The van der Waals surface area contributed by atoms with Gasteiger partial charge >= 0.3 is 0 Å². The lowest BCUT2D eigenvalue weighted by molar-refractivity contribution is -0.117. The molecule has 0 aliphatic heterocycles. The van der Waals surface area contributed by atoms with Gasteiger partial charge in [-0.15, -0.1) is 10.2 Å². The number of aryl methyl sites for hydroxylation is 2. The fraction of sp³-hybridized carbons (Fsp3) is 0.286. The van der Waals surface area contributed by atoms with E-state index in [0.717, 1.165) is 34.4 Å². The molecule has 0 unspecified atom stereocenters. The van der Waals surface area contributed by atoms with Crippen LogP contribution in [0.15, 0.2) is 53.7 Å². The van der Waals surface area contributed by atoms with Crippen molar-refractivity contribution in [2.24, 2.45) is 0 Å². The Balaban J connectivity index is 1.95. The zero-order chi connectivity index (χ0) is 18.5. The summed E-state index contributed by atoms with van der Waals surface area (Å²) in [7, 11) is 0. The van der Waals surface area contributed by atoms with Crippen molar-refractivity contribution >= 4 is 17.5 Å². The van der Waals surface area contributed by atoms with Gasteiger partial charge in [-0.05, 0) is 39.3 Å². The number of carbonyl (C=O) groups excluding carboxylic acids is 1. The van der Waals surface area contributed by atoms with Gasteiger partial charge < -0.3 is 4.79 Å². The molecule has 0 fully saturated rings. The Labute approximate surface area is 158 Å². The van der Waals surface area contributed by atoms with E-state index in [9.17, 15) is 4.79 Å². The van der Waals surface area contributed by atoms with Crippen LogP contribution in [0, 0.1) is 13.8 Å². The number of carbonyl (C=O) groups is 1. The van der Waals surface area contributed by atoms with Crippen molar-refractivity contribution < 1.29 is 4.79 Å². The third-order valence-corrected chi connectivity index (χ3v) is 5.15. The van der Waals surface area contributed by atoms with Crippen LogP contribution >= 0.6 is 11.8 Å². The average Bonchev–Trinajstić information content (AvgIpc) is 3.04. The molecule has 3 rings (SSSR count). The zero-order valence-corrected chi connectivity index (χ0v) is 16.2. The van der Waals surface area contributed by atoms with Gasteiger partial charge in [0, 0.05) is 23.4 Å². The number of Topliss-reactive ketones (excluding diaryl/α,β-unsaturated/α-hetero) is 1. The summed E-state index contributed by atoms with van der Waals surface area (Å²) in [6.07, 6.45) is 1.46. The van der Waals surface area contributed by atoms with Crippen molar-refractivity contribution in [3.63, 3.8) is 0 Å². The number of thioether (sulfide) groups is 1. The van der Waals surface area contributed by atoms with Gasteiger partial charge in [0.1, 0.15) is 5.78 Å². The highest BCUT2D eigenvalue weighted by Gasteiger charge is 2.16. The van der Waals surface area contributed by atoms with Crippen LogP contribution in [0.5, 0.6) is 0 Å². The first-order chi connectivity index (χ1) is 12.5. The fourth-order valence-electron chi connectivity index (χ4n) is 2.66. The zero-order valence-electron chi connectivity index (χ0n) is 15.4. The van der Waals surface area contributed by atoms with E-state index in [4.69, 9.17) is 0 Å². The molecule has 5 heteroatoms. The molecule has 26 heavy (non-hydrogen) atoms. The van der Waals surface area contributed by atoms with Gasteiger partial charge in [0.2, 0.25) is 0 Å². The first-order valence-electron chi connectivity index (χ1n) is 8.76. The van der Waals surface area contributed by atoms with E-state index in [1.807, 2.05) is 0 Å². The number of hydrogen-bond donors (Lipinski definition) is 0. The predicted molar refractivity (Wildman–Crippen MR) is 107 cm³/mol. The lowest BCUT2D eigenvalue weighted by Crippen LogP contribution is -2.00. The molecule has 4 nitrogen and oxygen atoms in total. The van der Waals surface area contributed by atoms with E-state index in [-0.39, 0.29) is 5.78 Å². The Morgan fingerprint density at radius 3 is 2.19 bits per heavy atom. The second-order valence-corrected chi connectivity index (χ2v) is 7.56. The SMILES string of the molecule is CC(=O)CCCSc1nnc(-c2ccc(C)cc2)n1-c1ccc(C)cc1. The number of nitrogens with zero attached hydrogens (tertiary/aromatic N) is 3. The fourth-order valence-corrected chi connectivity index (χ4v) is 3.55. The highest BCUT2D eigenvalue weighted by Crippen LogP contribution is 2.28. The van der Waals surface area contributed by atoms with Gasteiger partial charge in [0.15, 0.2) is 11.0 Å². The smallest absolute Gasteiger partial charge is 0.196 e. The van der Waals surface area contributed by atoms with Gasteiger partial charge in [0.25, 0.3) is 0 Å². The van der Waals surface area contributed by atoms with E-state index in [2.05, 4.69) is 77.1 Å². The van der Waals surface area contributed by atoms with Crippen LogP contribution in [0.3, 0.4) is 0 Å². The summed E-state index contributed by atoms with van der Waals surface area (Å²) in [4.78, 5) is 11.1. The molecule has 0 spiro atoms. The summed E-state index contributed by atoms with van der Waals surface area (Å²) < 4.78 is 2.10. The molecular weight excluding hydrogens is 342 g/mol. The summed E-state index contributed by atoms with van der Waals surface area (Å²) in [5.41, 5.74) is 4.52. The summed E-state index contributed by atoms with van der Waals surface area (Å²) in [6.45, 7) is 5.79. The topological polar surface area (TPSA) is 47.8 Å². The minimum absolute atomic E-state index is 0.228. The highest BCUT2D eigenvalue weighted by molar-refractivity contribution is 7.99. The van der Waals surface area contributed by atoms with Gasteiger partial charge in [-0.2, -0.15) is 0 Å². The van der Waals surface area contributed by atoms with Crippen molar-refractivity contribution in [3.05, 3.63) is 59.7 Å². The maximum atomic E-state index is 11.1. The summed E-state index contributed by atoms with van der Waals surface area (Å²) in [5, 5.41) is 9.73. The first kappa shape index (κ1) is 18.4. The number of ketones is 1. The average molecular weight is 366 g/mol. The molecule has 2 aromatic carbocycles. The van der Waals surface area contributed by atoms with Crippen LogP contribution in [-0.2, 0) is 4.79 Å². The minimum atomic E-state index is 0.228. The summed E-state index contributed by atoms with van der Waals surface area (Å²) in [6, 6.07) is 16.7. The van der Waals surface area contributed by atoms with Crippen LogP contribution in [0.1, 0.15) is 30.9 Å². The highest BCUT2D eigenvalue weighted by atomic mass is 32.2. The molecule has 0 atom stereocenters. The molecule has 0 N–H and O–H groups in total. The lowest BCUT2D eigenvalue weighted by atomic mass is 10.1. The Kier molecular flexibility index (Phi) is 5.89. The summed E-state index contributed by atoms with van der Waals surface area (Å²) >= 11 is 1.64. The number of rotatable bonds is 7. The Morgan fingerprint density at radius 2 is 1.58 bits per heavy atom. The molecule has 0 amide bonds. The van der Waals surface area contributed by atoms with E-state index < -0.39 is 0 Å². The lowest BCUT2D eigenvalue weighted by Gasteiger charge is -2.11. The van der Waals surface area contributed by atoms with Crippen LogP contribution in [-0.4, -0.2) is 26.3 Å². The molecule has 1 heterocycles. The molecule has 0 radical (unpaired) electrons. The molecule has 0 bridgehead atoms. The van der Waals surface area contributed by atoms with Gasteiger partial charge in [0.05, 0.1) is 0 Å². The molecule has 0 aliphatic carbocycles. The number of aromatic nitrogens is 3. The van der Waals surface area contributed by atoms with Crippen LogP contribution in [0.4, 0.5) is 0 Å². The molecule has 134 valence electrons. The molecule has 0 aliphatic rings. The van der Waals surface area contributed by atoms with E-state index in [1.165, 1.54) is 11.1 Å².